The maximum Gasteiger partial charge on any atom is 0.335 e. The van der Waals surface area contributed by atoms with Gasteiger partial charge in [-0.2, -0.15) is 0 Å². The number of carboxylic acid groups (broad SMARTS) is 1. The highest BCUT2D eigenvalue weighted by molar-refractivity contribution is 5.88. The Labute approximate surface area is 153 Å². The summed E-state index contributed by atoms with van der Waals surface area (Å²) in [6, 6.07) is 14.5. The average molecular weight is 367 g/mol. The number of halogens is 1. The summed E-state index contributed by atoms with van der Waals surface area (Å²) >= 11 is 0. The zero-order chi connectivity index (χ0) is 17.2. The predicted molar refractivity (Wildman–Crippen MR) is 98.9 cm³/mol. The van der Waals surface area contributed by atoms with Gasteiger partial charge >= 0.3 is 5.97 Å². The Hall–Kier alpha value is -2.08. The van der Waals surface area contributed by atoms with E-state index in [9.17, 15) is 4.79 Å². The summed E-state index contributed by atoms with van der Waals surface area (Å²) in [7, 11) is 0. The molecule has 0 atom stereocenters. The van der Waals surface area contributed by atoms with Crippen LogP contribution >= 0.6 is 12.4 Å². The summed E-state index contributed by atoms with van der Waals surface area (Å²) in [6.07, 6.45) is 0. The Morgan fingerprint density at radius 1 is 0.840 bits per heavy atom. The number of benzene rings is 2. The molecular weight excluding hydrogens is 344 g/mol. The maximum atomic E-state index is 10.9. The summed E-state index contributed by atoms with van der Waals surface area (Å²) in [6.45, 7) is 4.83. The van der Waals surface area contributed by atoms with Crippen molar-refractivity contribution in [2.45, 2.75) is 6.92 Å². The second kappa shape index (κ2) is 11.5. The van der Waals surface area contributed by atoms with Crippen molar-refractivity contribution in [3.8, 4) is 16.9 Å². The van der Waals surface area contributed by atoms with E-state index in [-0.39, 0.29) is 18.0 Å². The summed E-state index contributed by atoms with van der Waals surface area (Å²) in [5.74, 6) is -0.150. The van der Waals surface area contributed by atoms with Crippen LogP contribution in [0.15, 0.2) is 48.5 Å². The van der Waals surface area contributed by atoms with Gasteiger partial charge in [-0.3, -0.25) is 0 Å². The molecular formula is C19H23ClO5. The predicted octanol–water partition coefficient (Wildman–Crippen LogP) is 3.91. The lowest BCUT2D eigenvalue weighted by molar-refractivity contribution is 0.0405. The molecule has 0 unspecified atom stereocenters. The highest BCUT2D eigenvalue weighted by atomic mass is 35.5. The van der Waals surface area contributed by atoms with Crippen molar-refractivity contribution in [3.05, 3.63) is 54.1 Å². The van der Waals surface area contributed by atoms with Crippen molar-refractivity contribution in [2.75, 3.05) is 33.0 Å². The van der Waals surface area contributed by atoms with Crippen LogP contribution in [-0.2, 0) is 9.47 Å². The van der Waals surface area contributed by atoms with Gasteiger partial charge in [0, 0.05) is 6.61 Å². The number of carboxylic acids is 1. The molecule has 0 aliphatic carbocycles. The van der Waals surface area contributed by atoms with Gasteiger partial charge in [-0.05, 0) is 42.3 Å². The monoisotopic (exact) mass is 366 g/mol. The second-order valence-corrected chi connectivity index (χ2v) is 5.06. The summed E-state index contributed by atoms with van der Waals surface area (Å²) in [5, 5.41) is 8.91. The van der Waals surface area contributed by atoms with E-state index in [4.69, 9.17) is 19.3 Å². The first-order valence-electron chi connectivity index (χ1n) is 7.93. The van der Waals surface area contributed by atoms with Crippen LogP contribution in [0, 0.1) is 0 Å². The molecule has 6 heteroatoms. The van der Waals surface area contributed by atoms with Gasteiger partial charge in [-0.15, -0.1) is 12.4 Å². The largest absolute Gasteiger partial charge is 0.491 e. The van der Waals surface area contributed by atoms with E-state index in [0.29, 0.717) is 33.0 Å². The van der Waals surface area contributed by atoms with Crippen molar-refractivity contribution >= 4 is 18.4 Å². The third-order valence-corrected chi connectivity index (χ3v) is 3.39. The summed E-state index contributed by atoms with van der Waals surface area (Å²) in [4.78, 5) is 10.9. The molecule has 2 aromatic carbocycles. The lowest BCUT2D eigenvalue weighted by Crippen LogP contribution is -2.10. The first-order chi connectivity index (χ1) is 11.7. The van der Waals surface area contributed by atoms with Crippen molar-refractivity contribution in [2.24, 2.45) is 0 Å². The zero-order valence-corrected chi connectivity index (χ0v) is 15.0. The molecule has 0 radical (unpaired) electrons. The van der Waals surface area contributed by atoms with Crippen molar-refractivity contribution in [3.63, 3.8) is 0 Å². The molecule has 0 bridgehead atoms. The first kappa shape index (κ1) is 21.0. The van der Waals surface area contributed by atoms with Crippen LogP contribution < -0.4 is 4.74 Å². The van der Waals surface area contributed by atoms with Crippen LogP contribution in [-0.4, -0.2) is 44.1 Å². The van der Waals surface area contributed by atoms with E-state index in [2.05, 4.69) is 0 Å². The molecule has 0 saturated carbocycles. The van der Waals surface area contributed by atoms with Crippen molar-refractivity contribution < 1.29 is 24.1 Å². The van der Waals surface area contributed by atoms with Gasteiger partial charge in [0.25, 0.3) is 0 Å². The maximum absolute atomic E-state index is 10.9. The molecule has 0 amide bonds. The number of rotatable bonds is 10. The Morgan fingerprint density at radius 3 is 1.92 bits per heavy atom. The number of aromatic carboxylic acids is 1. The van der Waals surface area contributed by atoms with Crippen molar-refractivity contribution in [1.82, 2.24) is 0 Å². The quantitative estimate of drug-likeness (QED) is 0.646. The highest BCUT2D eigenvalue weighted by Crippen LogP contribution is 2.22. The fourth-order valence-electron chi connectivity index (χ4n) is 2.13. The minimum absolute atomic E-state index is 0. The molecule has 0 spiro atoms. The van der Waals surface area contributed by atoms with E-state index in [1.807, 2.05) is 31.2 Å². The van der Waals surface area contributed by atoms with E-state index in [1.54, 1.807) is 24.3 Å². The van der Waals surface area contributed by atoms with Gasteiger partial charge in [-0.25, -0.2) is 4.79 Å². The smallest absolute Gasteiger partial charge is 0.335 e. The number of hydrogen-bond acceptors (Lipinski definition) is 4. The van der Waals surface area contributed by atoms with Gasteiger partial charge in [-0.1, -0.05) is 24.3 Å². The lowest BCUT2D eigenvalue weighted by Gasteiger charge is -2.08. The minimum Gasteiger partial charge on any atom is -0.491 e. The van der Waals surface area contributed by atoms with Gasteiger partial charge in [0.05, 0.1) is 25.4 Å². The Kier molecular flexibility index (Phi) is 9.62. The molecule has 0 fully saturated rings. The van der Waals surface area contributed by atoms with E-state index in [1.165, 1.54) is 0 Å². The van der Waals surface area contributed by atoms with Crippen LogP contribution in [0.4, 0.5) is 0 Å². The summed E-state index contributed by atoms with van der Waals surface area (Å²) in [5.41, 5.74) is 2.25. The molecule has 0 aliphatic heterocycles. The SMILES string of the molecule is CCOCCOCCOc1ccc(-c2ccc(C(=O)O)cc2)cc1.Cl. The molecule has 25 heavy (non-hydrogen) atoms. The Balaban J connectivity index is 0.00000312. The fraction of sp³-hybridized carbons (Fsp3) is 0.316. The van der Waals surface area contributed by atoms with Gasteiger partial charge < -0.3 is 19.3 Å². The number of hydrogen-bond donors (Lipinski definition) is 1. The van der Waals surface area contributed by atoms with Crippen LogP contribution in [0.2, 0.25) is 0 Å². The zero-order valence-electron chi connectivity index (χ0n) is 14.1. The number of ether oxygens (including phenoxy) is 3. The molecule has 1 N–H and O–H groups in total. The van der Waals surface area contributed by atoms with E-state index < -0.39 is 5.97 Å². The second-order valence-electron chi connectivity index (χ2n) is 5.06. The molecule has 5 nitrogen and oxygen atoms in total. The van der Waals surface area contributed by atoms with E-state index >= 15 is 0 Å². The topological polar surface area (TPSA) is 65.0 Å². The first-order valence-corrected chi connectivity index (χ1v) is 7.93. The minimum atomic E-state index is -0.922. The third kappa shape index (κ3) is 7.13. The van der Waals surface area contributed by atoms with Gasteiger partial charge in [0.1, 0.15) is 12.4 Å². The van der Waals surface area contributed by atoms with Gasteiger partial charge in [0.15, 0.2) is 0 Å². The Morgan fingerprint density at radius 2 is 1.36 bits per heavy atom. The Bertz CT molecular complexity index is 625. The molecule has 2 aromatic rings. The standard InChI is InChI=1S/C19H22O5.ClH/c1-2-22-11-12-23-13-14-24-18-9-7-16(8-10-18)15-3-5-17(6-4-15)19(20)21;/h3-10H,2,11-14H2,1H3,(H,20,21);1H. The van der Waals surface area contributed by atoms with E-state index in [0.717, 1.165) is 16.9 Å². The summed E-state index contributed by atoms with van der Waals surface area (Å²) < 4.78 is 16.2. The third-order valence-electron chi connectivity index (χ3n) is 3.39. The lowest BCUT2D eigenvalue weighted by atomic mass is 10.0. The molecule has 0 heterocycles. The molecule has 0 aliphatic rings. The van der Waals surface area contributed by atoms with Crippen molar-refractivity contribution in [1.29, 1.82) is 0 Å². The van der Waals surface area contributed by atoms with Crippen LogP contribution in [0.5, 0.6) is 5.75 Å². The normalized spacial score (nSPS) is 10.1. The molecule has 0 saturated heterocycles. The fourth-order valence-corrected chi connectivity index (χ4v) is 2.13. The average Bonchev–Trinajstić information content (AvgIpc) is 2.61. The highest BCUT2D eigenvalue weighted by Gasteiger charge is 2.03. The number of carbonyl (C=O) groups is 1. The molecule has 136 valence electrons. The molecule has 2 rings (SSSR count). The van der Waals surface area contributed by atoms with Crippen LogP contribution in [0.1, 0.15) is 17.3 Å². The van der Waals surface area contributed by atoms with Crippen LogP contribution in [0.3, 0.4) is 0 Å². The van der Waals surface area contributed by atoms with Gasteiger partial charge in [0.2, 0.25) is 0 Å². The molecule has 0 aromatic heterocycles. The van der Waals surface area contributed by atoms with Crippen LogP contribution in [0.25, 0.3) is 11.1 Å².